The molecule has 0 aliphatic rings. The molecule has 0 radical (unpaired) electrons. The zero-order valence-electron chi connectivity index (χ0n) is 10.3. The van der Waals surface area contributed by atoms with Gasteiger partial charge in [-0.3, -0.25) is 0 Å². The van der Waals surface area contributed by atoms with Crippen molar-refractivity contribution in [2.24, 2.45) is 0 Å². The summed E-state index contributed by atoms with van der Waals surface area (Å²) in [7, 11) is -2.91. The van der Waals surface area contributed by atoms with Gasteiger partial charge in [-0.25, -0.2) is 13.4 Å². The molecule has 0 atom stereocenters. The van der Waals surface area contributed by atoms with Crippen molar-refractivity contribution in [3.8, 4) is 0 Å². The highest BCUT2D eigenvalue weighted by atomic mass is 32.2. The van der Waals surface area contributed by atoms with Crippen molar-refractivity contribution in [1.82, 2.24) is 19.6 Å². The van der Waals surface area contributed by atoms with Crippen LogP contribution in [0.4, 0.5) is 5.82 Å². The first-order chi connectivity index (χ1) is 8.46. The number of nitrogens with zero attached hydrogens (tertiary/aromatic N) is 4. The Bertz CT molecular complexity index is 649. The van der Waals surface area contributed by atoms with Gasteiger partial charge in [0.1, 0.15) is 22.0 Å². The van der Waals surface area contributed by atoms with E-state index in [1.54, 1.807) is 4.52 Å². The Morgan fingerprint density at radius 3 is 2.94 bits per heavy atom. The molecule has 2 aromatic rings. The lowest BCUT2D eigenvalue weighted by atomic mass is 10.4. The van der Waals surface area contributed by atoms with Crippen molar-refractivity contribution < 1.29 is 8.42 Å². The van der Waals surface area contributed by atoms with Gasteiger partial charge in [0.15, 0.2) is 0 Å². The molecule has 98 valence electrons. The van der Waals surface area contributed by atoms with Gasteiger partial charge in [0.05, 0.1) is 5.75 Å². The Labute approximate surface area is 105 Å². The summed E-state index contributed by atoms with van der Waals surface area (Å²) in [5.74, 6) is 1.47. The molecule has 0 unspecified atom stereocenters. The topological polar surface area (TPSA) is 89.2 Å². The van der Waals surface area contributed by atoms with Gasteiger partial charge in [-0.05, 0) is 13.3 Å². The quantitative estimate of drug-likeness (QED) is 0.784. The molecule has 0 amide bonds. The number of hydrogen-bond donors (Lipinski definition) is 1. The van der Waals surface area contributed by atoms with E-state index in [9.17, 15) is 8.42 Å². The second-order valence-corrected chi connectivity index (χ2v) is 6.42. The lowest BCUT2D eigenvalue weighted by molar-refractivity contribution is 0.600. The van der Waals surface area contributed by atoms with Crippen LogP contribution in [0.2, 0.25) is 0 Å². The monoisotopic (exact) mass is 269 g/mol. The van der Waals surface area contributed by atoms with Crippen molar-refractivity contribution >= 4 is 21.4 Å². The standard InChI is InChI=1S/C10H15N5O2S/c1-8-6-9(11-4-3-5-18(2,16)17)15-10(14-8)12-7-13-15/h6-7,11H,3-5H2,1-2H3. The summed E-state index contributed by atoms with van der Waals surface area (Å²) < 4.78 is 23.6. The molecule has 2 heterocycles. The molecule has 0 fully saturated rings. The van der Waals surface area contributed by atoms with Gasteiger partial charge in [0.2, 0.25) is 0 Å². The predicted molar refractivity (Wildman–Crippen MR) is 68.3 cm³/mol. The van der Waals surface area contributed by atoms with Crippen LogP contribution in [0.5, 0.6) is 0 Å². The molecule has 0 spiro atoms. The molecular formula is C10H15N5O2S. The summed E-state index contributed by atoms with van der Waals surface area (Å²) >= 11 is 0. The maximum absolute atomic E-state index is 11.0. The lowest BCUT2D eigenvalue weighted by Crippen LogP contribution is -2.12. The molecule has 0 aromatic carbocycles. The smallest absolute Gasteiger partial charge is 0.254 e. The molecule has 0 saturated carbocycles. The number of aromatic nitrogens is 4. The average molecular weight is 269 g/mol. The fourth-order valence-corrected chi connectivity index (χ4v) is 2.28. The molecule has 2 aromatic heterocycles. The van der Waals surface area contributed by atoms with Crippen LogP contribution in [0.1, 0.15) is 12.1 Å². The molecule has 2 rings (SSSR count). The van der Waals surface area contributed by atoms with Crippen molar-refractivity contribution in [3.63, 3.8) is 0 Å². The first-order valence-electron chi connectivity index (χ1n) is 5.55. The Balaban J connectivity index is 2.05. The van der Waals surface area contributed by atoms with E-state index >= 15 is 0 Å². The summed E-state index contributed by atoms with van der Waals surface area (Å²) in [6.07, 6.45) is 3.22. The minimum atomic E-state index is -2.91. The summed E-state index contributed by atoms with van der Waals surface area (Å²) in [4.78, 5) is 8.23. The highest BCUT2D eigenvalue weighted by Gasteiger charge is 2.06. The summed E-state index contributed by atoms with van der Waals surface area (Å²) in [5.41, 5.74) is 0.834. The van der Waals surface area contributed by atoms with Crippen LogP contribution in [0.15, 0.2) is 12.4 Å². The molecule has 7 nitrogen and oxygen atoms in total. The van der Waals surface area contributed by atoms with Crippen molar-refractivity contribution in [3.05, 3.63) is 18.1 Å². The minimum Gasteiger partial charge on any atom is -0.370 e. The molecule has 1 N–H and O–H groups in total. The van der Waals surface area contributed by atoms with Crippen LogP contribution in [0, 0.1) is 6.92 Å². The fourth-order valence-electron chi connectivity index (χ4n) is 1.61. The van der Waals surface area contributed by atoms with Gasteiger partial charge in [0.25, 0.3) is 5.78 Å². The van der Waals surface area contributed by atoms with E-state index in [2.05, 4.69) is 20.4 Å². The predicted octanol–water partition coefficient (Wildman–Crippen LogP) is 0.279. The minimum absolute atomic E-state index is 0.171. The summed E-state index contributed by atoms with van der Waals surface area (Å²) in [6, 6.07) is 1.85. The molecule has 18 heavy (non-hydrogen) atoms. The second kappa shape index (κ2) is 4.89. The third-order valence-corrected chi connectivity index (χ3v) is 3.41. The van der Waals surface area contributed by atoms with Crippen LogP contribution in [0.25, 0.3) is 5.78 Å². The van der Waals surface area contributed by atoms with E-state index in [1.807, 2.05) is 13.0 Å². The number of rotatable bonds is 5. The SMILES string of the molecule is Cc1cc(NCCCS(C)(=O)=O)n2ncnc2n1. The van der Waals surface area contributed by atoms with Gasteiger partial charge in [-0.1, -0.05) is 0 Å². The van der Waals surface area contributed by atoms with E-state index in [1.165, 1.54) is 12.6 Å². The highest BCUT2D eigenvalue weighted by molar-refractivity contribution is 7.90. The zero-order chi connectivity index (χ0) is 13.2. The summed E-state index contributed by atoms with van der Waals surface area (Å²) in [6.45, 7) is 2.43. The first kappa shape index (κ1) is 12.7. The maximum Gasteiger partial charge on any atom is 0.254 e. The van der Waals surface area contributed by atoms with Crippen LogP contribution in [0.3, 0.4) is 0 Å². The van der Waals surface area contributed by atoms with Crippen molar-refractivity contribution in [1.29, 1.82) is 0 Å². The zero-order valence-corrected chi connectivity index (χ0v) is 11.1. The molecule has 8 heteroatoms. The number of aryl methyl sites for hydroxylation is 1. The Morgan fingerprint density at radius 1 is 1.44 bits per heavy atom. The van der Waals surface area contributed by atoms with Crippen LogP contribution in [-0.2, 0) is 9.84 Å². The molecular weight excluding hydrogens is 254 g/mol. The van der Waals surface area contributed by atoms with Gasteiger partial charge < -0.3 is 5.32 Å². The maximum atomic E-state index is 11.0. The number of sulfone groups is 1. The number of hydrogen-bond acceptors (Lipinski definition) is 6. The van der Waals surface area contributed by atoms with E-state index in [-0.39, 0.29) is 5.75 Å². The number of nitrogens with one attached hydrogen (secondary N) is 1. The molecule has 0 saturated heterocycles. The molecule has 0 aliphatic carbocycles. The van der Waals surface area contributed by atoms with Crippen molar-refractivity contribution in [2.45, 2.75) is 13.3 Å². The second-order valence-electron chi connectivity index (χ2n) is 4.16. The molecule has 0 bridgehead atoms. The Morgan fingerprint density at radius 2 is 2.22 bits per heavy atom. The van der Waals surface area contributed by atoms with Crippen LogP contribution < -0.4 is 5.32 Å². The lowest BCUT2D eigenvalue weighted by Gasteiger charge is -2.08. The summed E-state index contributed by atoms with van der Waals surface area (Å²) in [5, 5.41) is 7.19. The normalized spacial score (nSPS) is 11.9. The fraction of sp³-hybridized carbons (Fsp3) is 0.500. The first-order valence-corrected chi connectivity index (χ1v) is 7.61. The number of fused-ring (bicyclic) bond motifs is 1. The Hall–Kier alpha value is -1.70. The third kappa shape index (κ3) is 3.16. The van der Waals surface area contributed by atoms with Crippen molar-refractivity contribution in [2.75, 3.05) is 23.9 Å². The van der Waals surface area contributed by atoms with Gasteiger partial charge >= 0.3 is 0 Å². The van der Waals surface area contributed by atoms with E-state index < -0.39 is 9.84 Å². The van der Waals surface area contributed by atoms with E-state index in [0.717, 1.165) is 11.5 Å². The highest BCUT2D eigenvalue weighted by Crippen LogP contribution is 2.09. The average Bonchev–Trinajstić information content (AvgIpc) is 2.70. The van der Waals surface area contributed by atoms with Gasteiger partial charge in [-0.2, -0.15) is 14.6 Å². The van der Waals surface area contributed by atoms with Gasteiger partial charge in [0, 0.05) is 24.6 Å². The van der Waals surface area contributed by atoms with E-state index in [4.69, 9.17) is 0 Å². The third-order valence-electron chi connectivity index (χ3n) is 2.38. The van der Waals surface area contributed by atoms with Gasteiger partial charge in [-0.15, -0.1) is 0 Å². The Kier molecular flexibility index (Phi) is 3.46. The van der Waals surface area contributed by atoms with Crippen LogP contribution >= 0.6 is 0 Å². The largest absolute Gasteiger partial charge is 0.370 e. The van der Waals surface area contributed by atoms with Crippen LogP contribution in [-0.4, -0.2) is 46.6 Å². The number of anilines is 1. The molecule has 0 aliphatic heterocycles. The van der Waals surface area contributed by atoms with E-state index in [0.29, 0.717) is 18.7 Å².